The second-order valence-corrected chi connectivity index (χ2v) is 12.0. The molecule has 36 heavy (non-hydrogen) atoms. The quantitative estimate of drug-likeness (QED) is 0.463. The zero-order valence-corrected chi connectivity index (χ0v) is 23.3. The number of amides is 2. The van der Waals surface area contributed by atoms with E-state index >= 15 is 0 Å². The summed E-state index contributed by atoms with van der Waals surface area (Å²) in [6.07, 6.45) is 1.45. The summed E-state index contributed by atoms with van der Waals surface area (Å²) in [5, 5.41) is 3.34. The number of carbonyl (C=O) groups is 2. The van der Waals surface area contributed by atoms with E-state index in [1.54, 1.807) is 50.4 Å². The number of anilines is 1. The lowest BCUT2D eigenvalue weighted by atomic mass is 10.1. The molecular weight excluding hydrogens is 502 g/mol. The number of carbonyl (C=O) groups excluding carboxylic acids is 2. The van der Waals surface area contributed by atoms with Gasteiger partial charge in [-0.3, -0.25) is 13.9 Å². The highest BCUT2D eigenvalue weighted by atomic mass is 35.5. The number of nitrogens with one attached hydrogen (secondary N) is 1. The molecule has 0 aliphatic heterocycles. The van der Waals surface area contributed by atoms with E-state index in [1.807, 2.05) is 32.9 Å². The number of sulfonamides is 1. The van der Waals surface area contributed by atoms with Crippen molar-refractivity contribution < 1.29 is 22.7 Å². The smallest absolute Gasteiger partial charge is 0.242 e. The highest BCUT2D eigenvalue weighted by Gasteiger charge is 2.28. The largest absolute Gasteiger partial charge is 0.497 e. The van der Waals surface area contributed by atoms with Crippen LogP contribution >= 0.6 is 11.6 Å². The fraction of sp³-hybridized carbons (Fsp3) is 0.462. The van der Waals surface area contributed by atoms with Gasteiger partial charge in [-0.15, -0.1) is 0 Å². The molecule has 0 fully saturated rings. The van der Waals surface area contributed by atoms with E-state index in [-0.39, 0.29) is 37.7 Å². The SMILES string of the molecule is COc1ccc(CN(C(=O)CCCN(c2cccc(Cl)c2)S(C)(=O)=O)[C@@H](C)C(=O)NC(C)(C)C)cc1. The van der Waals surface area contributed by atoms with Crippen molar-refractivity contribution in [3.8, 4) is 5.75 Å². The highest BCUT2D eigenvalue weighted by molar-refractivity contribution is 7.92. The van der Waals surface area contributed by atoms with Crippen molar-refractivity contribution in [2.75, 3.05) is 24.2 Å². The lowest BCUT2D eigenvalue weighted by Gasteiger charge is -2.32. The summed E-state index contributed by atoms with van der Waals surface area (Å²) in [5.74, 6) is 0.181. The molecular formula is C26H36ClN3O5S. The first-order valence-electron chi connectivity index (χ1n) is 11.7. The second kappa shape index (κ2) is 12.5. The maximum atomic E-state index is 13.3. The summed E-state index contributed by atoms with van der Waals surface area (Å²) < 4.78 is 31.2. The lowest BCUT2D eigenvalue weighted by molar-refractivity contribution is -0.141. The number of hydrogen-bond donors (Lipinski definition) is 1. The maximum absolute atomic E-state index is 13.3. The predicted octanol–water partition coefficient (Wildman–Crippen LogP) is 4.23. The molecule has 0 spiro atoms. The number of ether oxygens (including phenoxy) is 1. The van der Waals surface area contributed by atoms with Crippen LogP contribution in [0.3, 0.4) is 0 Å². The third kappa shape index (κ3) is 9.02. The number of nitrogens with zero attached hydrogens (tertiary/aromatic N) is 2. The van der Waals surface area contributed by atoms with Crippen molar-refractivity contribution in [1.82, 2.24) is 10.2 Å². The normalized spacial score (nSPS) is 12.5. The van der Waals surface area contributed by atoms with Crippen molar-refractivity contribution in [1.29, 1.82) is 0 Å². The maximum Gasteiger partial charge on any atom is 0.242 e. The van der Waals surface area contributed by atoms with Crippen molar-refractivity contribution in [2.45, 2.75) is 58.7 Å². The highest BCUT2D eigenvalue weighted by Crippen LogP contribution is 2.23. The Labute approximate surface area is 219 Å². The van der Waals surface area contributed by atoms with Crippen molar-refractivity contribution >= 4 is 39.1 Å². The van der Waals surface area contributed by atoms with Gasteiger partial charge in [-0.1, -0.05) is 29.8 Å². The van der Waals surface area contributed by atoms with Crippen LogP contribution in [0.4, 0.5) is 5.69 Å². The molecule has 1 atom stereocenters. The molecule has 1 N–H and O–H groups in total. The minimum atomic E-state index is -3.58. The summed E-state index contributed by atoms with van der Waals surface area (Å²) in [5.41, 5.74) is 0.828. The third-order valence-electron chi connectivity index (χ3n) is 5.43. The lowest BCUT2D eigenvalue weighted by Crippen LogP contribution is -2.52. The van der Waals surface area contributed by atoms with E-state index in [4.69, 9.17) is 16.3 Å². The average Bonchev–Trinajstić information content (AvgIpc) is 2.78. The van der Waals surface area contributed by atoms with E-state index in [0.29, 0.717) is 16.5 Å². The summed E-state index contributed by atoms with van der Waals surface area (Å²) >= 11 is 6.04. The first-order valence-corrected chi connectivity index (χ1v) is 13.9. The van der Waals surface area contributed by atoms with Crippen LogP contribution in [-0.2, 0) is 26.2 Å². The fourth-order valence-electron chi connectivity index (χ4n) is 3.62. The monoisotopic (exact) mass is 537 g/mol. The van der Waals surface area contributed by atoms with Gasteiger partial charge in [0.15, 0.2) is 0 Å². The van der Waals surface area contributed by atoms with Gasteiger partial charge in [0.1, 0.15) is 11.8 Å². The first-order chi connectivity index (χ1) is 16.7. The summed E-state index contributed by atoms with van der Waals surface area (Å²) in [4.78, 5) is 27.8. The van der Waals surface area contributed by atoms with Gasteiger partial charge >= 0.3 is 0 Å². The van der Waals surface area contributed by atoms with E-state index in [1.165, 1.54) is 9.21 Å². The number of benzene rings is 2. The molecule has 10 heteroatoms. The number of hydrogen-bond acceptors (Lipinski definition) is 5. The molecule has 0 aliphatic carbocycles. The molecule has 0 bridgehead atoms. The summed E-state index contributed by atoms with van der Waals surface area (Å²) in [6.45, 7) is 7.65. The first kappa shape index (κ1) is 29.5. The average molecular weight is 538 g/mol. The molecule has 0 radical (unpaired) electrons. The van der Waals surface area contributed by atoms with E-state index in [9.17, 15) is 18.0 Å². The molecule has 0 saturated carbocycles. The Morgan fingerprint density at radius 3 is 2.28 bits per heavy atom. The standard InChI is InChI=1S/C26H36ClN3O5S/c1-19(25(32)28-26(2,3)4)29(18-20-12-14-23(35-5)15-13-20)24(31)11-8-16-30(36(6,33)34)22-10-7-9-21(27)17-22/h7,9-10,12-15,17,19H,8,11,16,18H2,1-6H3,(H,28,32)/t19-/m0/s1. The Morgan fingerprint density at radius 1 is 1.11 bits per heavy atom. The van der Waals surface area contributed by atoms with Gasteiger partial charge in [0, 0.05) is 30.1 Å². The molecule has 198 valence electrons. The zero-order valence-electron chi connectivity index (χ0n) is 21.7. The topological polar surface area (TPSA) is 96.0 Å². The Kier molecular flexibility index (Phi) is 10.2. The summed E-state index contributed by atoms with van der Waals surface area (Å²) in [7, 11) is -2.01. The Bertz CT molecular complexity index is 1150. The van der Waals surface area contributed by atoms with Gasteiger partial charge in [0.2, 0.25) is 21.8 Å². The Balaban J connectivity index is 2.19. The zero-order chi connectivity index (χ0) is 27.1. The van der Waals surface area contributed by atoms with E-state index in [0.717, 1.165) is 11.8 Å². The van der Waals surface area contributed by atoms with E-state index < -0.39 is 21.6 Å². The van der Waals surface area contributed by atoms with Crippen LogP contribution in [0.2, 0.25) is 5.02 Å². The minimum Gasteiger partial charge on any atom is -0.497 e. The van der Waals surface area contributed by atoms with Crippen LogP contribution < -0.4 is 14.4 Å². The Morgan fingerprint density at radius 2 is 1.75 bits per heavy atom. The number of rotatable bonds is 11. The molecule has 2 aromatic rings. The molecule has 2 amide bonds. The predicted molar refractivity (Wildman–Crippen MR) is 144 cm³/mol. The molecule has 0 aromatic heterocycles. The van der Waals surface area contributed by atoms with Crippen LogP contribution in [0.1, 0.15) is 46.1 Å². The van der Waals surface area contributed by atoms with Gasteiger partial charge in [-0.05, 0) is 70.0 Å². The van der Waals surface area contributed by atoms with Gasteiger partial charge in [0.05, 0.1) is 19.1 Å². The van der Waals surface area contributed by atoms with Gasteiger partial charge in [-0.25, -0.2) is 8.42 Å². The van der Waals surface area contributed by atoms with Gasteiger partial charge in [0.25, 0.3) is 0 Å². The van der Waals surface area contributed by atoms with Crippen LogP contribution in [0.5, 0.6) is 5.75 Å². The van der Waals surface area contributed by atoms with Crippen LogP contribution in [0, 0.1) is 0 Å². The third-order valence-corrected chi connectivity index (χ3v) is 6.85. The van der Waals surface area contributed by atoms with Crippen molar-refractivity contribution in [3.63, 3.8) is 0 Å². The van der Waals surface area contributed by atoms with Crippen molar-refractivity contribution in [3.05, 3.63) is 59.1 Å². The van der Waals surface area contributed by atoms with Crippen LogP contribution in [0.25, 0.3) is 0 Å². The molecule has 0 aliphatic rings. The molecule has 0 saturated heterocycles. The van der Waals surface area contributed by atoms with Crippen LogP contribution in [0.15, 0.2) is 48.5 Å². The van der Waals surface area contributed by atoms with Gasteiger partial charge in [-0.2, -0.15) is 0 Å². The summed E-state index contributed by atoms with van der Waals surface area (Å²) in [6, 6.07) is 13.1. The molecule has 2 aromatic carbocycles. The van der Waals surface area contributed by atoms with E-state index in [2.05, 4.69) is 5.32 Å². The number of halogens is 1. The fourth-order valence-corrected chi connectivity index (χ4v) is 4.76. The second-order valence-electron chi connectivity index (χ2n) is 9.70. The number of methoxy groups -OCH3 is 1. The Hall–Kier alpha value is -2.78. The van der Waals surface area contributed by atoms with Gasteiger partial charge < -0.3 is 15.0 Å². The molecule has 2 rings (SSSR count). The molecule has 8 nitrogen and oxygen atoms in total. The molecule has 0 unspecified atom stereocenters. The molecule has 0 heterocycles. The van der Waals surface area contributed by atoms with Crippen LogP contribution in [-0.4, -0.2) is 56.6 Å². The van der Waals surface area contributed by atoms with Crippen molar-refractivity contribution in [2.24, 2.45) is 0 Å². The minimum absolute atomic E-state index is 0.0654.